The van der Waals surface area contributed by atoms with E-state index in [-0.39, 0.29) is 0 Å². The number of hydrogen-bond acceptors (Lipinski definition) is 2. The number of nitriles is 1. The van der Waals surface area contributed by atoms with Crippen LogP contribution >= 0.6 is 44.6 Å². The van der Waals surface area contributed by atoms with E-state index < -0.39 is 6.00 Å². The lowest BCUT2D eigenvalue weighted by Gasteiger charge is -2.01. The smallest absolute Gasteiger partial charge is 0.192 e. The highest BCUT2D eigenvalue weighted by atomic mass is 35.8. The van der Waals surface area contributed by atoms with E-state index in [1.165, 1.54) is 11.3 Å². The zero-order valence-electron chi connectivity index (χ0n) is 5.14. The number of halogens is 3. The van der Waals surface area contributed by atoms with Gasteiger partial charge >= 0.3 is 6.00 Å². The Balaban J connectivity index is 3.01. The van der Waals surface area contributed by atoms with Crippen LogP contribution in [0.4, 0.5) is 0 Å². The maximum atomic E-state index is 8.46. The third-order valence-corrected chi connectivity index (χ3v) is 6.59. The van der Waals surface area contributed by atoms with Gasteiger partial charge in [0.1, 0.15) is 10.9 Å². The molecule has 0 saturated carbocycles. The summed E-state index contributed by atoms with van der Waals surface area (Å²) in [6, 6.07) is 2.60. The fraction of sp³-hybridized carbons (Fsp3) is 0. The SMILES string of the molecule is N#Cc1ccc([Si](Cl)(Cl)Cl)s1. The molecule has 0 amide bonds. The summed E-state index contributed by atoms with van der Waals surface area (Å²) in [5.41, 5.74) is 0. The summed E-state index contributed by atoms with van der Waals surface area (Å²) in [5, 5.41) is 8.46. The van der Waals surface area contributed by atoms with Gasteiger partial charge in [-0.3, -0.25) is 0 Å². The Kier molecular flexibility index (Phi) is 2.84. The summed E-state index contributed by atoms with van der Waals surface area (Å²) < 4.78 is 0.707. The molecule has 0 N–H and O–H groups in total. The first-order valence-electron chi connectivity index (χ1n) is 2.61. The standard InChI is InChI=1S/C5H2Cl3NSSi/c6-11(7,8)5-2-1-4(3-9)10-5/h1-2H. The first kappa shape index (κ1) is 9.37. The van der Waals surface area contributed by atoms with Gasteiger partial charge in [-0.25, -0.2) is 0 Å². The predicted molar refractivity (Wildman–Crippen MR) is 52.0 cm³/mol. The Bertz CT molecular complexity index is 297. The molecule has 0 spiro atoms. The molecule has 1 rings (SSSR count). The number of nitrogens with zero attached hydrogens (tertiary/aromatic N) is 1. The summed E-state index contributed by atoms with van der Waals surface area (Å²) in [4.78, 5) is 0.582. The highest BCUT2D eigenvalue weighted by Gasteiger charge is 2.29. The van der Waals surface area contributed by atoms with E-state index in [9.17, 15) is 0 Å². The van der Waals surface area contributed by atoms with Crippen LogP contribution in [0.5, 0.6) is 0 Å². The van der Waals surface area contributed by atoms with E-state index in [2.05, 4.69) is 0 Å². The first-order valence-corrected chi connectivity index (χ1v) is 8.46. The van der Waals surface area contributed by atoms with Gasteiger partial charge in [-0.1, -0.05) is 0 Å². The zero-order valence-corrected chi connectivity index (χ0v) is 9.23. The quantitative estimate of drug-likeness (QED) is 0.548. The highest BCUT2D eigenvalue weighted by molar-refractivity contribution is 7.73. The third-order valence-electron chi connectivity index (χ3n) is 0.996. The lowest BCUT2D eigenvalue weighted by atomic mass is 10.5. The molecule has 0 atom stereocenters. The van der Waals surface area contributed by atoms with E-state index in [4.69, 9.17) is 38.5 Å². The van der Waals surface area contributed by atoms with E-state index in [1.807, 2.05) is 6.07 Å². The molecule has 0 saturated heterocycles. The second kappa shape index (κ2) is 3.34. The number of rotatable bonds is 1. The van der Waals surface area contributed by atoms with Crippen molar-refractivity contribution in [2.24, 2.45) is 0 Å². The topological polar surface area (TPSA) is 23.8 Å². The van der Waals surface area contributed by atoms with Crippen molar-refractivity contribution < 1.29 is 0 Å². The van der Waals surface area contributed by atoms with E-state index in [0.717, 1.165) is 0 Å². The summed E-state index contributed by atoms with van der Waals surface area (Å²) in [6.45, 7) is 0. The molecular formula is C5H2Cl3NSSi. The molecule has 0 bridgehead atoms. The van der Waals surface area contributed by atoms with Crippen molar-refractivity contribution in [2.75, 3.05) is 0 Å². The van der Waals surface area contributed by atoms with Crippen LogP contribution in [0, 0.1) is 11.3 Å². The lowest BCUT2D eigenvalue weighted by molar-refractivity contribution is 1.52. The van der Waals surface area contributed by atoms with Gasteiger partial charge in [0.15, 0.2) is 0 Å². The molecule has 1 heterocycles. The predicted octanol–water partition coefficient (Wildman–Crippen LogP) is 2.48. The summed E-state index contributed by atoms with van der Waals surface area (Å²) in [7, 11) is 0. The van der Waals surface area contributed by atoms with E-state index in [1.54, 1.807) is 12.1 Å². The first-order chi connectivity index (χ1) is 5.04. The number of hydrogen-bond donors (Lipinski definition) is 0. The van der Waals surface area contributed by atoms with Crippen molar-refractivity contribution in [3.05, 3.63) is 17.0 Å². The van der Waals surface area contributed by atoms with Crippen LogP contribution in [-0.4, -0.2) is 6.00 Å². The Morgan fingerprint density at radius 2 is 2.00 bits per heavy atom. The van der Waals surface area contributed by atoms with Crippen LogP contribution in [0.15, 0.2) is 12.1 Å². The fourth-order valence-electron chi connectivity index (χ4n) is 0.550. The Morgan fingerprint density at radius 1 is 1.36 bits per heavy atom. The summed E-state index contributed by atoms with van der Waals surface area (Å²) in [5.74, 6) is 0. The minimum atomic E-state index is -2.74. The fourth-order valence-corrected chi connectivity index (χ4v) is 3.78. The lowest BCUT2D eigenvalue weighted by Crippen LogP contribution is -2.26. The van der Waals surface area contributed by atoms with Crippen molar-refractivity contribution >= 4 is 55.1 Å². The van der Waals surface area contributed by atoms with Crippen LogP contribution in [0.1, 0.15) is 4.88 Å². The van der Waals surface area contributed by atoms with Crippen molar-refractivity contribution in [1.29, 1.82) is 5.26 Å². The normalized spacial score (nSPS) is 11.1. The maximum absolute atomic E-state index is 8.46. The van der Waals surface area contributed by atoms with Crippen molar-refractivity contribution in [3.8, 4) is 6.07 Å². The second-order valence-electron chi connectivity index (χ2n) is 1.77. The van der Waals surface area contributed by atoms with Crippen LogP contribution in [0.25, 0.3) is 0 Å². The molecule has 6 heteroatoms. The molecule has 0 aromatic carbocycles. The average molecular weight is 243 g/mol. The molecule has 1 aromatic rings. The van der Waals surface area contributed by atoms with Crippen LogP contribution in [-0.2, 0) is 0 Å². The van der Waals surface area contributed by atoms with Gasteiger partial charge < -0.3 is 0 Å². The van der Waals surface area contributed by atoms with Crippen molar-refractivity contribution in [2.45, 2.75) is 0 Å². The molecule has 58 valence electrons. The molecule has 0 aliphatic carbocycles. The molecule has 1 aromatic heterocycles. The van der Waals surface area contributed by atoms with E-state index in [0.29, 0.717) is 9.38 Å². The monoisotopic (exact) mass is 241 g/mol. The van der Waals surface area contributed by atoms with Crippen LogP contribution in [0.3, 0.4) is 0 Å². The highest BCUT2D eigenvalue weighted by Crippen LogP contribution is 2.23. The Labute approximate surface area is 83.2 Å². The third kappa shape index (κ3) is 2.36. The van der Waals surface area contributed by atoms with E-state index >= 15 is 0 Å². The van der Waals surface area contributed by atoms with Crippen LogP contribution < -0.4 is 4.50 Å². The summed E-state index contributed by atoms with van der Waals surface area (Å²) in [6.07, 6.45) is 0. The van der Waals surface area contributed by atoms with Gasteiger partial charge in [-0.05, 0) is 12.1 Å². The minimum Gasteiger partial charge on any atom is -0.192 e. The van der Waals surface area contributed by atoms with Gasteiger partial charge in [-0.15, -0.1) is 44.6 Å². The second-order valence-corrected chi connectivity index (χ2v) is 11.6. The molecule has 11 heavy (non-hydrogen) atoms. The van der Waals surface area contributed by atoms with Crippen molar-refractivity contribution in [3.63, 3.8) is 0 Å². The molecule has 0 unspecified atom stereocenters. The average Bonchev–Trinajstić information content (AvgIpc) is 2.32. The van der Waals surface area contributed by atoms with Gasteiger partial charge in [0.2, 0.25) is 0 Å². The maximum Gasteiger partial charge on any atom is 0.383 e. The van der Waals surface area contributed by atoms with Crippen LogP contribution in [0.2, 0.25) is 0 Å². The largest absolute Gasteiger partial charge is 0.383 e. The minimum absolute atomic E-state index is 0.582. The van der Waals surface area contributed by atoms with Gasteiger partial charge in [-0.2, -0.15) is 5.26 Å². The molecule has 0 radical (unpaired) electrons. The molecule has 0 fully saturated rings. The zero-order chi connectivity index (χ0) is 8.48. The molecule has 0 aliphatic rings. The molecule has 1 nitrogen and oxygen atoms in total. The molecule has 0 aliphatic heterocycles. The Hall–Kier alpha value is 0.277. The number of thiophene rings is 1. The Morgan fingerprint density at radius 3 is 2.27 bits per heavy atom. The van der Waals surface area contributed by atoms with Crippen molar-refractivity contribution in [1.82, 2.24) is 0 Å². The van der Waals surface area contributed by atoms with Gasteiger partial charge in [0.05, 0.1) is 0 Å². The van der Waals surface area contributed by atoms with Gasteiger partial charge in [0.25, 0.3) is 0 Å². The summed E-state index contributed by atoms with van der Waals surface area (Å²) >= 11 is 18.3. The molecular weight excluding hydrogens is 241 g/mol. The van der Waals surface area contributed by atoms with Gasteiger partial charge in [0, 0.05) is 4.50 Å².